The molecule has 1 unspecified atom stereocenters. The third kappa shape index (κ3) is 6.26. The van der Waals surface area contributed by atoms with Gasteiger partial charge in [-0.2, -0.15) is 0 Å². The van der Waals surface area contributed by atoms with Crippen LogP contribution in [0.25, 0.3) is 0 Å². The minimum Gasteiger partial charge on any atom is -0.489 e. The predicted octanol–water partition coefficient (Wildman–Crippen LogP) is 5.36. The van der Waals surface area contributed by atoms with Gasteiger partial charge in [0.1, 0.15) is 23.0 Å². The highest BCUT2D eigenvalue weighted by Crippen LogP contribution is 2.31. The highest BCUT2D eigenvalue weighted by atomic mass is 35.5. The lowest BCUT2D eigenvalue weighted by molar-refractivity contribution is -0.145. The van der Waals surface area contributed by atoms with E-state index in [9.17, 15) is 0 Å². The molecule has 0 spiro atoms. The van der Waals surface area contributed by atoms with Gasteiger partial charge in [0.25, 0.3) is 0 Å². The van der Waals surface area contributed by atoms with Crippen LogP contribution < -0.4 is 4.74 Å². The summed E-state index contributed by atoms with van der Waals surface area (Å²) >= 11 is 23.5. The molecule has 1 aromatic carbocycles. The maximum atomic E-state index is 6.25. The van der Waals surface area contributed by atoms with E-state index < -0.39 is 5.79 Å². The summed E-state index contributed by atoms with van der Waals surface area (Å²) in [6.07, 6.45) is 1.42. The van der Waals surface area contributed by atoms with Gasteiger partial charge in [0.05, 0.1) is 29.9 Å². The average molecular weight is 416 g/mol. The van der Waals surface area contributed by atoms with Crippen LogP contribution in [0.5, 0.6) is 5.75 Å². The van der Waals surface area contributed by atoms with E-state index in [1.54, 1.807) is 12.1 Å². The second-order valence-electron chi connectivity index (χ2n) is 5.64. The van der Waals surface area contributed by atoms with Crippen molar-refractivity contribution < 1.29 is 18.9 Å². The fraction of sp³-hybridized carbons (Fsp3) is 0.500. The summed E-state index contributed by atoms with van der Waals surface area (Å²) in [4.78, 5) is 0. The van der Waals surface area contributed by atoms with Crippen molar-refractivity contribution in [3.63, 3.8) is 0 Å². The van der Waals surface area contributed by atoms with Crippen molar-refractivity contribution in [2.45, 2.75) is 32.3 Å². The Kier molecular flexibility index (Phi) is 7.50. The summed E-state index contributed by atoms with van der Waals surface area (Å²) in [5.41, 5.74) is 0.690. The third-order valence-electron chi connectivity index (χ3n) is 3.22. The highest BCUT2D eigenvalue weighted by Gasteiger charge is 2.32. The van der Waals surface area contributed by atoms with E-state index >= 15 is 0 Å². The summed E-state index contributed by atoms with van der Waals surface area (Å²) in [7, 11) is 0. The first-order valence-corrected chi connectivity index (χ1v) is 8.79. The summed E-state index contributed by atoms with van der Waals surface area (Å²) in [5, 5.41) is 0.921. The molecule has 0 radical (unpaired) electrons. The molecule has 0 N–H and O–H groups in total. The Morgan fingerprint density at radius 2 is 1.96 bits per heavy atom. The molecule has 2 rings (SSSR count). The molecule has 134 valence electrons. The Morgan fingerprint density at radius 3 is 2.50 bits per heavy atom. The number of rotatable bonds is 7. The van der Waals surface area contributed by atoms with Gasteiger partial charge in [-0.3, -0.25) is 0 Å². The first-order valence-electron chi connectivity index (χ1n) is 7.28. The molecule has 1 atom stereocenters. The molecular formula is C16H18Cl4O4. The SMILES string of the molecule is CC1(C)OCC(COCc2c(Cl)cc(OCC=C(Cl)Cl)cc2Cl)O1. The summed E-state index contributed by atoms with van der Waals surface area (Å²) < 4.78 is 22.4. The maximum absolute atomic E-state index is 6.25. The normalized spacial score (nSPS) is 19.3. The number of hydrogen-bond acceptors (Lipinski definition) is 4. The molecule has 8 heteroatoms. The number of halogens is 4. The van der Waals surface area contributed by atoms with Gasteiger partial charge in [-0.1, -0.05) is 46.4 Å². The van der Waals surface area contributed by atoms with E-state index in [0.717, 1.165) is 0 Å². The third-order valence-corrected chi connectivity index (χ3v) is 4.20. The van der Waals surface area contributed by atoms with Crippen LogP contribution in [-0.2, 0) is 20.8 Å². The molecule has 24 heavy (non-hydrogen) atoms. The van der Waals surface area contributed by atoms with E-state index in [1.165, 1.54) is 6.08 Å². The van der Waals surface area contributed by atoms with Crippen molar-refractivity contribution in [1.29, 1.82) is 0 Å². The standard InChI is InChI=1S/C16H18Cl4O4/c1-16(2)23-8-11(24-16)7-21-9-12-13(17)5-10(6-14(12)18)22-4-3-15(19)20/h3,5-6,11H,4,7-9H2,1-2H3. The predicted molar refractivity (Wildman–Crippen MR) is 96.3 cm³/mol. The molecule has 1 fully saturated rings. The Hall–Kier alpha value is -0.200. The van der Waals surface area contributed by atoms with Crippen LogP contribution in [0.15, 0.2) is 22.7 Å². The number of ether oxygens (including phenoxy) is 4. The van der Waals surface area contributed by atoms with Crippen molar-refractivity contribution in [3.05, 3.63) is 38.3 Å². The average Bonchev–Trinajstić information content (AvgIpc) is 2.81. The van der Waals surface area contributed by atoms with Gasteiger partial charge in [-0.25, -0.2) is 0 Å². The summed E-state index contributed by atoms with van der Waals surface area (Å²) in [6, 6.07) is 3.33. The van der Waals surface area contributed by atoms with E-state index in [0.29, 0.717) is 34.6 Å². The molecular weight excluding hydrogens is 398 g/mol. The van der Waals surface area contributed by atoms with Crippen molar-refractivity contribution in [3.8, 4) is 5.75 Å². The minimum atomic E-state index is -0.567. The van der Waals surface area contributed by atoms with Crippen LogP contribution in [0.3, 0.4) is 0 Å². The molecule has 0 amide bonds. The summed E-state index contributed by atoms with van der Waals surface area (Å²) in [5.74, 6) is -0.0447. The van der Waals surface area contributed by atoms with Crippen LogP contribution in [-0.4, -0.2) is 31.7 Å². The Bertz CT molecular complexity index is 577. The molecule has 1 aliphatic rings. The van der Waals surface area contributed by atoms with Crippen molar-refractivity contribution in [2.75, 3.05) is 19.8 Å². The fourth-order valence-electron chi connectivity index (χ4n) is 2.14. The fourth-order valence-corrected chi connectivity index (χ4v) is 2.84. The Morgan fingerprint density at radius 1 is 1.29 bits per heavy atom. The van der Waals surface area contributed by atoms with Gasteiger partial charge in [0.2, 0.25) is 0 Å². The molecule has 0 saturated carbocycles. The van der Waals surface area contributed by atoms with Gasteiger partial charge in [-0.05, 0) is 32.1 Å². The molecule has 0 aromatic heterocycles. The van der Waals surface area contributed by atoms with E-state index in [-0.39, 0.29) is 23.8 Å². The quantitative estimate of drug-likeness (QED) is 0.600. The minimum absolute atomic E-state index is 0.104. The van der Waals surface area contributed by atoms with Crippen LogP contribution in [0.4, 0.5) is 0 Å². The van der Waals surface area contributed by atoms with Crippen molar-refractivity contribution >= 4 is 46.4 Å². The van der Waals surface area contributed by atoms with Crippen LogP contribution >= 0.6 is 46.4 Å². The van der Waals surface area contributed by atoms with E-state index in [4.69, 9.17) is 65.4 Å². The Balaban J connectivity index is 1.88. The zero-order valence-corrected chi connectivity index (χ0v) is 16.3. The highest BCUT2D eigenvalue weighted by molar-refractivity contribution is 6.55. The first kappa shape index (κ1) is 20.1. The lowest BCUT2D eigenvalue weighted by Crippen LogP contribution is -2.24. The molecule has 0 bridgehead atoms. The van der Waals surface area contributed by atoms with Crippen molar-refractivity contribution in [2.24, 2.45) is 0 Å². The van der Waals surface area contributed by atoms with Crippen LogP contribution in [0.2, 0.25) is 10.0 Å². The zero-order valence-electron chi connectivity index (χ0n) is 13.3. The van der Waals surface area contributed by atoms with E-state index in [2.05, 4.69) is 0 Å². The zero-order chi connectivity index (χ0) is 17.7. The molecule has 0 aliphatic carbocycles. The Labute approximate surface area is 161 Å². The second kappa shape index (κ2) is 8.95. The van der Waals surface area contributed by atoms with Crippen LogP contribution in [0, 0.1) is 0 Å². The van der Waals surface area contributed by atoms with Gasteiger partial charge in [0, 0.05) is 5.56 Å². The van der Waals surface area contributed by atoms with Crippen molar-refractivity contribution in [1.82, 2.24) is 0 Å². The van der Waals surface area contributed by atoms with Crippen LogP contribution in [0.1, 0.15) is 19.4 Å². The van der Waals surface area contributed by atoms with Gasteiger partial charge < -0.3 is 18.9 Å². The maximum Gasteiger partial charge on any atom is 0.163 e. The topological polar surface area (TPSA) is 36.9 Å². The van der Waals surface area contributed by atoms with Gasteiger partial charge in [0.15, 0.2) is 5.79 Å². The lowest BCUT2D eigenvalue weighted by Gasteiger charge is -2.17. The molecule has 1 heterocycles. The smallest absolute Gasteiger partial charge is 0.163 e. The summed E-state index contributed by atoms with van der Waals surface area (Å²) in [6.45, 7) is 5.12. The molecule has 1 aromatic rings. The van der Waals surface area contributed by atoms with E-state index in [1.807, 2.05) is 13.8 Å². The lowest BCUT2D eigenvalue weighted by atomic mass is 10.2. The number of benzene rings is 1. The molecule has 1 saturated heterocycles. The first-order chi connectivity index (χ1) is 11.3. The number of hydrogen-bond donors (Lipinski definition) is 0. The molecule has 1 aliphatic heterocycles. The monoisotopic (exact) mass is 414 g/mol. The van der Waals surface area contributed by atoms with Gasteiger partial charge in [-0.15, -0.1) is 0 Å². The molecule has 4 nitrogen and oxygen atoms in total. The second-order valence-corrected chi connectivity index (χ2v) is 7.46. The largest absolute Gasteiger partial charge is 0.489 e. The van der Waals surface area contributed by atoms with Gasteiger partial charge >= 0.3 is 0 Å².